The van der Waals surface area contributed by atoms with Crippen LogP contribution in [0.25, 0.3) is 10.2 Å². The molecular weight excluding hydrogens is 420 g/mol. The molecule has 158 valence electrons. The molecule has 1 N–H and O–H groups in total. The van der Waals surface area contributed by atoms with Crippen molar-refractivity contribution in [1.82, 2.24) is 4.98 Å². The molecular formula is C22H24N2O4S2. The molecule has 0 radical (unpaired) electrons. The summed E-state index contributed by atoms with van der Waals surface area (Å²) in [5.74, 6) is -0.0242. The summed E-state index contributed by atoms with van der Waals surface area (Å²) >= 11 is 2.86. The van der Waals surface area contributed by atoms with Crippen LogP contribution >= 0.6 is 22.7 Å². The molecule has 8 heteroatoms. The third-order valence-corrected chi connectivity index (χ3v) is 7.16. The normalized spacial score (nSPS) is 14.2. The highest BCUT2D eigenvalue weighted by Gasteiger charge is 2.25. The third-order valence-electron chi connectivity index (χ3n) is 5.01. The van der Waals surface area contributed by atoms with E-state index < -0.39 is 12.1 Å². The largest absolute Gasteiger partial charge is 0.494 e. The maximum absolute atomic E-state index is 12.7. The van der Waals surface area contributed by atoms with Gasteiger partial charge in [-0.05, 0) is 68.9 Å². The van der Waals surface area contributed by atoms with E-state index in [0.29, 0.717) is 23.0 Å². The lowest BCUT2D eigenvalue weighted by molar-refractivity contribution is -0.124. The van der Waals surface area contributed by atoms with Crippen molar-refractivity contribution in [3.8, 4) is 5.75 Å². The summed E-state index contributed by atoms with van der Waals surface area (Å²) in [6.07, 6.45) is 3.89. The van der Waals surface area contributed by atoms with Crippen LogP contribution < -0.4 is 10.1 Å². The summed E-state index contributed by atoms with van der Waals surface area (Å²) in [4.78, 5) is 31.6. The van der Waals surface area contributed by atoms with Crippen LogP contribution in [0.5, 0.6) is 5.75 Å². The Morgan fingerprint density at radius 1 is 1.17 bits per heavy atom. The van der Waals surface area contributed by atoms with Gasteiger partial charge in [-0.15, -0.1) is 11.3 Å². The Bertz CT molecular complexity index is 1050. The first-order chi connectivity index (χ1) is 14.6. The number of aromatic nitrogens is 1. The number of rotatable bonds is 7. The zero-order valence-corrected chi connectivity index (χ0v) is 18.7. The number of esters is 1. The van der Waals surface area contributed by atoms with Crippen LogP contribution in [0.3, 0.4) is 0 Å². The average Bonchev–Trinajstić information content (AvgIpc) is 3.35. The van der Waals surface area contributed by atoms with Crippen molar-refractivity contribution in [2.24, 2.45) is 0 Å². The van der Waals surface area contributed by atoms with E-state index in [1.807, 2.05) is 38.1 Å². The van der Waals surface area contributed by atoms with Crippen molar-refractivity contribution < 1.29 is 19.1 Å². The molecule has 0 spiro atoms. The number of ether oxygens (including phenoxy) is 2. The van der Waals surface area contributed by atoms with E-state index >= 15 is 0 Å². The Labute approximate surface area is 183 Å². The molecule has 4 rings (SSSR count). The number of thiophene rings is 1. The molecule has 1 amide bonds. The van der Waals surface area contributed by atoms with Gasteiger partial charge in [-0.1, -0.05) is 18.3 Å². The quantitative estimate of drug-likeness (QED) is 0.506. The Hall–Kier alpha value is -2.45. The molecule has 2 heterocycles. The first-order valence-corrected chi connectivity index (χ1v) is 11.9. The average molecular weight is 445 g/mol. The van der Waals surface area contributed by atoms with Gasteiger partial charge >= 0.3 is 5.97 Å². The molecule has 1 aliphatic carbocycles. The number of nitrogens with one attached hydrogen (secondary N) is 1. The highest BCUT2D eigenvalue weighted by Crippen LogP contribution is 2.31. The van der Waals surface area contributed by atoms with Crippen molar-refractivity contribution in [2.45, 2.75) is 52.1 Å². The van der Waals surface area contributed by atoms with E-state index in [-0.39, 0.29) is 5.91 Å². The van der Waals surface area contributed by atoms with Crippen LogP contribution in [-0.2, 0) is 22.4 Å². The lowest BCUT2D eigenvalue weighted by Crippen LogP contribution is -2.31. The molecule has 1 unspecified atom stereocenters. The summed E-state index contributed by atoms with van der Waals surface area (Å²) in [5, 5.41) is 3.27. The minimum absolute atomic E-state index is 0.365. The van der Waals surface area contributed by atoms with Crippen molar-refractivity contribution >= 4 is 49.9 Å². The van der Waals surface area contributed by atoms with Crippen molar-refractivity contribution in [2.75, 3.05) is 11.9 Å². The minimum Gasteiger partial charge on any atom is -0.494 e. The highest BCUT2D eigenvalue weighted by atomic mass is 32.1. The molecule has 1 aromatic carbocycles. The van der Waals surface area contributed by atoms with Gasteiger partial charge in [0.2, 0.25) is 0 Å². The van der Waals surface area contributed by atoms with Gasteiger partial charge in [0.25, 0.3) is 5.91 Å². The number of fused-ring (bicyclic) bond motifs is 2. The fraction of sp³-hybridized carbons (Fsp3) is 0.409. The van der Waals surface area contributed by atoms with E-state index in [0.717, 1.165) is 41.6 Å². The topological polar surface area (TPSA) is 77.5 Å². The Kier molecular flexibility index (Phi) is 6.34. The summed E-state index contributed by atoms with van der Waals surface area (Å²) in [7, 11) is 0. The third kappa shape index (κ3) is 4.49. The number of aryl methyl sites for hydroxylation is 2. The van der Waals surface area contributed by atoms with Gasteiger partial charge in [-0.25, -0.2) is 9.78 Å². The number of hydrogen-bond donors (Lipinski definition) is 1. The van der Waals surface area contributed by atoms with Crippen LogP contribution in [0, 0.1) is 0 Å². The second-order valence-corrected chi connectivity index (χ2v) is 9.31. The maximum atomic E-state index is 12.7. The van der Waals surface area contributed by atoms with E-state index in [2.05, 4.69) is 10.3 Å². The molecule has 0 saturated carbocycles. The number of amides is 1. The van der Waals surface area contributed by atoms with Gasteiger partial charge in [0.15, 0.2) is 11.2 Å². The van der Waals surface area contributed by atoms with Crippen molar-refractivity contribution in [3.05, 3.63) is 39.6 Å². The predicted octanol–water partition coefficient (Wildman–Crippen LogP) is 5.21. The number of benzene rings is 1. The first kappa shape index (κ1) is 20.8. The monoisotopic (exact) mass is 444 g/mol. The van der Waals surface area contributed by atoms with Crippen LogP contribution in [0.2, 0.25) is 0 Å². The summed E-state index contributed by atoms with van der Waals surface area (Å²) in [5.41, 5.74) is 2.03. The van der Waals surface area contributed by atoms with Crippen LogP contribution in [-0.4, -0.2) is 29.6 Å². The fourth-order valence-electron chi connectivity index (χ4n) is 3.50. The number of carbonyl (C=O) groups excluding carboxylic acids is 2. The van der Waals surface area contributed by atoms with Gasteiger partial charge < -0.3 is 9.47 Å². The zero-order chi connectivity index (χ0) is 21.1. The molecule has 1 aliphatic rings. The van der Waals surface area contributed by atoms with Gasteiger partial charge in [0.1, 0.15) is 10.6 Å². The fourth-order valence-corrected chi connectivity index (χ4v) is 5.54. The van der Waals surface area contributed by atoms with Crippen LogP contribution in [0.4, 0.5) is 5.13 Å². The number of carbonyl (C=O) groups is 2. The highest BCUT2D eigenvalue weighted by molar-refractivity contribution is 7.22. The molecule has 2 aromatic heterocycles. The van der Waals surface area contributed by atoms with E-state index in [4.69, 9.17) is 9.47 Å². The van der Waals surface area contributed by atoms with Crippen molar-refractivity contribution in [3.63, 3.8) is 0 Å². The lowest BCUT2D eigenvalue weighted by Gasteiger charge is -2.14. The second-order valence-electron chi connectivity index (χ2n) is 7.14. The summed E-state index contributed by atoms with van der Waals surface area (Å²) < 4.78 is 12.0. The molecule has 0 aliphatic heterocycles. The molecule has 3 aromatic rings. The SMILES string of the molecule is CCOc1ccc2nc(NC(=O)C(CC)OC(=O)c3cc4c(s3)CCCC4)sc2c1. The molecule has 30 heavy (non-hydrogen) atoms. The Morgan fingerprint density at radius 3 is 2.77 bits per heavy atom. The Morgan fingerprint density at radius 2 is 2.00 bits per heavy atom. The smallest absolute Gasteiger partial charge is 0.349 e. The molecule has 1 atom stereocenters. The first-order valence-electron chi connectivity index (χ1n) is 10.2. The maximum Gasteiger partial charge on any atom is 0.349 e. The second kappa shape index (κ2) is 9.14. The molecule has 0 bridgehead atoms. The summed E-state index contributed by atoms with van der Waals surface area (Å²) in [6, 6.07) is 7.55. The van der Waals surface area contributed by atoms with E-state index in [9.17, 15) is 9.59 Å². The zero-order valence-electron chi connectivity index (χ0n) is 17.0. The number of nitrogens with zero attached hydrogens (tertiary/aromatic N) is 1. The molecule has 0 fully saturated rings. The van der Waals surface area contributed by atoms with Gasteiger partial charge in [-0.2, -0.15) is 0 Å². The van der Waals surface area contributed by atoms with Crippen molar-refractivity contribution in [1.29, 1.82) is 0 Å². The van der Waals surface area contributed by atoms with E-state index in [1.54, 1.807) is 0 Å². The summed E-state index contributed by atoms with van der Waals surface area (Å²) in [6.45, 7) is 4.34. The predicted molar refractivity (Wildman–Crippen MR) is 120 cm³/mol. The number of hydrogen-bond acceptors (Lipinski definition) is 7. The lowest BCUT2D eigenvalue weighted by atomic mass is 9.99. The standard InChI is InChI=1S/C22H24N2O4S2/c1-3-16(28-21(26)19-11-13-7-5-6-8-17(13)29-19)20(25)24-22-23-15-10-9-14(27-4-2)12-18(15)30-22/h9-12,16H,3-8H2,1-2H3,(H,23,24,25). The van der Waals surface area contributed by atoms with Crippen LogP contribution in [0.15, 0.2) is 24.3 Å². The van der Waals surface area contributed by atoms with Gasteiger partial charge in [0.05, 0.1) is 16.8 Å². The molecule has 6 nitrogen and oxygen atoms in total. The van der Waals surface area contributed by atoms with Crippen LogP contribution in [0.1, 0.15) is 53.2 Å². The van der Waals surface area contributed by atoms with Gasteiger partial charge in [0, 0.05) is 4.88 Å². The van der Waals surface area contributed by atoms with Gasteiger partial charge in [-0.3, -0.25) is 10.1 Å². The molecule has 0 saturated heterocycles. The Balaban J connectivity index is 1.42. The number of anilines is 1. The van der Waals surface area contributed by atoms with E-state index in [1.165, 1.54) is 33.1 Å². The minimum atomic E-state index is -0.859. The number of thiazole rings is 1.